The Hall–Kier alpha value is -3.67. The summed E-state index contributed by atoms with van der Waals surface area (Å²) in [6, 6.07) is 0. The van der Waals surface area contributed by atoms with Gasteiger partial charge < -0.3 is 14.2 Å². The second-order valence-electron chi connectivity index (χ2n) is 17.8. The molecule has 0 aromatic rings. The molecule has 376 valence electrons. The van der Waals surface area contributed by atoms with Gasteiger partial charge in [-0.1, -0.05) is 227 Å². The Kier molecular flexibility index (Phi) is 50.9. The standard InChI is InChI=1S/C60H100O6/c1-4-7-10-13-16-19-22-25-28-30-32-35-38-41-44-47-50-53-59(62)65-56-57(55-64-58(61)52-49-46-43-40-37-34-27-24-21-18-15-12-9-6-3)66-60(63)54-51-48-45-42-39-36-33-31-29-26-23-20-17-14-11-8-5-2/h16-17,19-20,25-26,28-29,32-33,35-36,41-42,44-45,57H,4-15,18,21-24,27,30-31,34,37-40,43,46-56H2,1-3H3/b19-16-,20-17-,28-25-,29-26-,35-32-,36-33-,44-41-,45-42-/t57-/m1/s1. The fourth-order valence-electron chi connectivity index (χ4n) is 7.19. The van der Waals surface area contributed by atoms with Crippen molar-refractivity contribution in [3.05, 3.63) is 97.2 Å². The minimum Gasteiger partial charge on any atom is -0.462 e. The lowest BCUT2D eigenvalue weighted by atomic mass is 10.0. The lowest BCUT2D eigenvalue weighted by Crippen LogP contribution is -2.30. The summed E-state index contributed by atoms with van der Waals surface area (Å²) in [7, 11) is 0. The summed E-state index contributed by atoms with van der Waals surface area (Å²) >= 11 is 0. The lowest BCUT2D eigenvalue weighted by molar-refractivity contribution is -0.167. The van der Waals surface area contributed by atoms with Crippen molar-refractivity contribution in [2.75, 3.05) is 13.2 Å². The number of allylic oxidation sites excluding steroid dienone is 16. The van der Waals surface area contributed by atoms with Crippen LogP contribution >= 0.6 is 0 Å². The van der Waals surface area contributed by atoms with Gasteiger partial charge >= 0.3 is 17.9 Å². The van der Waals surface area contributed by atoms with Crippen LogP contribution in [0.2, 0.25) is 0 Å². The highest BCUT2D eigenvalue weighted by molar-refractivity contribution is 5.71. The Balaban J connectivity index is 4.56. The largest absolute Gasteiger partial charge is 0.462 e. The van der Waals surface area contributed by atoms with Crippen LogP contribution in [0, 0.1) is 0 Å². The minimum atomic E-state index is -0.827. The Bertz CT molecular complexity index is 1330. The van der Waals surface area contributed by atoms with Gasteiger partial charge in [0.25, 0.3) is 0 Å². The molecule has 6 heteroatoms. The minimum absolute atomic E-state index is 0.115. The van der Waals surface area contributed by atoms with E-state index < -0.39 is 6.10 Å². The van der Waals surface area contributed by atoms with E-state index in [-0.39, 0.29) is 44.0 Å². The highest BCUT2D eigenvalue weighted by Gasteiger charge is 2.19. The summed E-state index contributed by atoms with van der Waals surface area (Å²) in [5.74, 6) is -1.03. The molecule has 0 unspecified atom stereocenters. The number of carbonyl (C=O) groups excluding carboxylic acids is 3. The van der Waals surface area contributed by atoms with Crippen LogP contribution < -0.4 is 0 Å². The quantitative estimate of drug-likeness (QED) is 0.0262. The average molecular weight is 917 g/mol. The summed E-state index contributed by atoms with van der Waals surface area (Å²) in [6.45, 7) is 6.49. The number of unbranched alkanes of at least 4 members (excludes halogenated alkanes) is 21. The zero-order chi connectivity index (χ0) is 47.9. The predicted molar refractivity (Wildman–Crippen MR) is 284 cm³/mol. The van der Waals surface area contributed by atoms with Crippen LogP contribution in [0.5, 0.6) is 0 Å². The first-order valence-electron chi connectivity index (χ1n) is 27.2. The van der Waals surface area contributed by atoms with Crippen molar-refractivity contribution >= 4 is 17.9 Å². The maximum Gasteiger partial charge on any atom is 0.306 e. The van der Waals surface area contributed by atoms with Gasteiger partial charge in [-0.2, -0.15) is 0 Å². The molecule has 0 aliphatic heterocycles. The van der Waals surface area contributed by atoms with Crippen LogP contribution in [0.15, 0.2) is 97.2 Å². The molecule has 0 amide bonds. The molecule has 0 radical (unpaired) electrons. The maximum absolute atomic E-state index is 12.8. The molecular weight excluding hydrogens is 817 g/mol. The Morgan fingerprint density at radius 3 is 0.909 bits per heavy atom. The molecule has 0 heterocycles. The summed E-state index contributed by atoms with van der Waals surface area (Å²) in [5, 5.41) is 0. The van der Waals surface area contributed by atoms with E-state index in [1.165, 1.54) is 122 Å². The van der Waals surface area contributed by atoms with Crippen molar-refractivity contribution in [2.45, 2.75) is 252 Å². The van der Waals surface area contributed by atoms with E-state index >= 15 is 0 Å². The predicted octanol–water partition coefficient (Wildman–Crippen LogP) is 18.1. The molecule has 66 heavy (non-hydrogen) atoms. The molecule has 0 spiro atoms. The number of rotatable bonds is 48. The molecule has 0 aromatic carbocycles. The van der Waals surface area contributed by atoms with Crippen molar-refractivity contribution in [3.8, 4) is 0 Å². The summed E-state index contributed by atoms with van der Waals surface area (Å²) in [6.07, 6.45) is 71.1. The van der Waals surface area contributed by atoms with Crippen molar-refractivity contribution in [1.29, 1.82) is 0 Å². The monoisotopic (exact) mass is 917 g/mol. The smallest absolute Gasteiger partial charge is 0.306 e. The number of ether oxygens (including phenoxy) is 3. The number of hydrogen-bond donors (Lipinski definition) is 0. The van der Waals surface area contributed by atoms with E-state index in [0.29, 0.717) is 19.3 Å². The van der Waals surface area contributed by atoms with E-state index in [1.54, 1.807) is 0 Å². The number of esters is 3. The molecule has 0 aliphatic carbocycles. The van der Waals surface area contributed by atoms with Gasteiger partial charge in [0.05, 0.1) is 0 Å². The first-order valence-corrected chi connectivity index (χ1v) is 27.2. The number of carbonyl (C=O) groups is 3. The summed E-state index contributed by atoms with van der Waals surface area (Å²) < 4.78 is 16.7. The van der Waals surface area contributed by atoms with Crippen molar-refractivity contribution < 1.29 is 28.6 Å². The van der Waals surface area contributed by atoms with Gasteiger partial charge in [-0.3, -0.25) is 14.4 Å². The van der Waals surface area contributed by atoms with Gasteiger partial charge in [0.2, 0.25) is 0 Å². The van der Waals surface area contributed by atoms with Crippen LogP contribution in [0.1, 0.15) is 245 Å². The zero-order valence-corrected chi connectivity index (χ0v) is 42.9. The SMILES string of the molecule is CCCCC/C=C\C/C=C\C/C=C\C/C=C\CCCC(=O)OC[C@@H](COC(=O)CCCCCCCCCCCCCCCC)OC(=O)CCC/C=C\C/C=C\C/C=C\C/C=C\CCCCC. The first kappa shape index (κ1) is 62.3. The van der Waals surface area contributed by atoms with E-state index in [1.807, 2.05) is 0 Å². The average Bonchev–Trinajstić information content (AvgIpc) is 3.31. The third-order valence-electron chi connectivity index (χ3n) is 11.3. The highest BCUT2D eigenvalue weighted by Crippen LogP contribution is 2.14. The van der Waals surface area contributed by atoms with Gasteiger partial charge in [0.15, 0.2) is 6.10 Å². The van der Waals surface area contributed by atoms with Crippen molar-refractivity contribution in [3.63, 3.8) is 0 Å². The molecule has 0 fully saturated rings. The van der Waals surface area contributed by atoms with Gasteiger partial charge in [0.1, 0.15) is 13.2 Å². The summed E-state index contributed by atoms with van der Waals surface area (Å²) in [4.78, 5) is 38.0. The summed E-state index contributed by atoms with van der Waals surface area (Å²) in [5.41, 5.74) is 0. The molecule has 0 saturated carbocycles. The third-order valence-corrected chi connectivity index (χ3v) is 11.3. The third kappa shape index (κ3) is 51.3. The van der Waals surface area contributed by atoms with Crippen molar-refractivity contribution in [1.82, 2.24) is 0 Å². The molecule has 0 N–H and O–H groups in total. The topological polar surface area (TPSA) is 78.9 Å². The molecule has 1 atom stereocenters. The Labute approximate surface area is 407 Å². The normalized spacial score (nSPS) is 12.8. The lowest BCUT2D eigenvalue weighted by Gasteiger charge is -2.18. The molecule has 0 aromatic heterocycles. The first-order chi connectivity index (χ1) is 32.5. The molecular formula is C60H100O6. The molecule has 0 aliphatic rings. The number of hydrogen-bond acceptors (Lipinski definition) is 6. The highest BCUT2D eigenvalue weighted by atomic mass is 16.6. The Morgan fingerprint density at radius 2 is 0.561 bits per heavy atom. The zero-order valence-electron chi connectivity index (χ0n) is 42.9. The van der Waals surface area contributed by atoms with Crippen LogP contribution in [0.4, 0.5) is 0 Å². The molecule has 6 nitrogen and oxygen atoms in total. The Morgan fingerprint density at radius 1 is 0.303 bits per heavy atom. The van der Waals surface area contributed by atoms with Gasteiger partial charge in [0, 0.05) is 19.3 Å². The fourth-order valence-corrected chi connectivity index (χ4v) is 7.19. The van der Waals surface area contributed by atoms with E-state index in [4.69, 9.17) is 14.2 Å². The second kappa shape index (κ2) is 53.9. The van der Waals surface area contributed by atoms with Gasteiger partial charge in [-0.05, 0) is 96.3 Å². The van der Waals surface area contributed by atoms with E-state index in [2.05, 4.69) is 118 Å². The second-order valence-corrected chi connectivity index (χ2v) is 17.8. The van der Waals surface area contributed by atoms with Gasteiger partial charge in [-0.15, -0.1) is 0 Å². The molecule has 0 bridgehead atoms. The maximum atomic E-state index is 12.8. The molecule has 0 rings (SSSR count). The van der Waals surface area contributed by atoms with Crippen molar-refractivity contribution in [2.24, 2.45) is 0 Å². The van der Waals surface area contributed by atoms with Gasteiger partial charge in [-0.25, -0.2) is 0 Å². The van der Waals surface area contributed by atoms with Crippen LogP contribution in [-0.4, -0.2) is 37.2 Å². The van der Waals surface area contributed by atoms with E-state index in [0.717, 1.165) is 70.6 Å². The fraction of sp³-hybridized carbons (Fsp3) is 0.683. The van der Waals surface area contributed by atoms with Crippen LogP contribution in [0.25, 0.3) is 0 Å². The van der Waals surface area contributed by atoms with Crippen LogP contribution in [0.3, 0.4) is 0 Å². The van der Waals surface area contributed by atoms with Crippen LogP contribution in [-0.2, 0) is 28.6 Å². The van der Waals surface area contributed by atoms with E-state index in [9.17, 15) is 14.4 Å². The molecule has 0 saturated heterocycles.